The molecule has 0 saturated carbocycles. The Morgan fingerprint density at radius 2 is 1.58 bits per heavy atom. The summed E-state index contributed by atoms with van der Waals surface area (Å²) in [7, 11) is 1.69. The molecule has 0 aliphatic carbocycles. The van der Waals surface area contributed by atoms with E-state index in [9.17, 15) is 9.18 Å². The largest absolute Gasteiger partial charge is 0.339 e. The molecule has 0 fully saturated rings. The van der Waals surface area contributed by atoms with E-state index in [1.165, 1.54) is 6.07 Å². The molecule has 0 radical (unpaired) electrons. The Morgan fingerprint density at radius 3 is 2.17 bits per heavy atom. The first-order valence-electron chi connectivity index (χ1n) is 7.75. The van der Waals surface area contributed by atoms with Crippen LogP contribution in [0.4, 0.5) is 4.39 Å². The van der Waals surface area contributed by atoms with E-state index in [2.05, 4.69) is 0 Å². The topological polar surface area (TPSA) is 46.3 Å². The van der Waals surface area contributed by atoms with Crippen LogP contribution in [0.15, 0.2) is 54.6 Å². The SMILES string of the molecule is CC(C(=O)N(C)C(C)c1ccccc1F)C(N)c1ccccc1.Cl. The molecule has 1 amide bonds. The first-order chi connectivity index (χ1) is 10.9. The number of hydrogen-bond acceptors (Lipinski definition) is 2. The number of carbonyl (C=O) groups is 1. The molecule has 3 nitrogen and oxygen atoms in total. The van der Waals surface area contributed by atoms with Gasteiger partial charge >= 0.3 is 0 Å². The van der Waals surface area contributed by atoms with Crippen molar-refractivity contribution in [3.63, 3.8) is 0 Å². The molecular formula is C19H24ClFN2O. The molecule has 0 aromatic heterocycles. The highest BCUT2D eigenvalue weighted by atomic mass is 35.5. The van der Waals surface area contributed by atoms with Gasteiger partial charge in [0.05, 0.1) is 12.0 Å². The average Bonchev–Trinajstić information content (AvgIpc) is 2.59. The average molecular weight is 351 g/mol. The molecule has 2 N–H and O–H groups in total. The summed E-state index contributed by atoms with van der Waals surface area (Å²) in [6, 6.07) is 15.3. The monoisotopic (exact) mass is 350 g/mol. The van der Waals surface area contributed by atoms with Gasteiger partial charge in [-0.2, -0.15) is 0 Å². The lowest BCUT2D eigenvalue weighted by atomic mass is 9.93. The number of hydrogen-bond donors (Lipinski definition) is 1. The van der Waals surface area contributed by atoms with E-state index >= 15 is 0 Å². The fourth-order valence-corrected chi connectivity index (χ4v) is 2.65. The van der Waals surface area contributed by atoms with Crippen LogP contribution in [0.3, 0.4) is 0 Å². The minimum Gasteiger partial charge on any atom is -0.339 e. The number of benzene rings is 2. The zero-order valence-corrected chi connectivity index (χ0v) is 15.0. The highest BCUT2D eigenvalue weighted by Crippen LogP contribution is 2.26. The fraction of sp³-hybridized carbons (Fsp3) is 0.316. The molecule has 24 heavy (non-hydrogen) atoms. The lowest BCUT2D eigenvalue weighted by Crippen LogP contribution is -2.38. The van der Waals surface area contributed by atoms with Crippen molar-refractivity contribution in [3.05, 3.63) is 71.5 Å². The summed E-state index contributed by atoms with van der Waals surface area (Å²) in [5, 5.41) is 0. The van der Waals surface area contributed by atoms with E-state index in [0.29, 0.717) is 5.56 Å². The van der Waals surface area contributed by atoms with Crippen molar-refractivity contribution >= 4 is 18.3 Å². The molecule has 0 spiro atoms. The summed E-state index contributed by atoms with van der Waals surface area (Å²) in [5.74, 6) is -0.798. The smallest absolute Gasteiger partial charge is 0.227 e. The van der Waals surface area contributed by atoms with Crippen molar-refractivity contribution < 1.29 is 9.18 Å². The van der Waals surface area contributed by atoms with Gasteiger partial charge < -0.3 is 10.6 Å². The highest BCUT2D eigenvalue weighted by Gasteiger charge is 2.28. The molecule has 0 aliphatic heterocycles. The van der Waals surface area contributed by atoms with Gasteiger partial charge in [0.1, 0.15) is 5.82 Å². The van der Waals surface area contributed by atoms with Crippen LogP contribution in [-0.4, -0.2) is 17.9 Å². The third-order valence-corrected chi connectivity index (χ3v) is 4.40. The van der Waals surface area contributed by atoms with Gasteiger partial charge in [-0.3, -0.25) is 4.79 Å². The van der Waals surface area contributed by atoms with E-state index in [-0.39, 0.29) is 36.2 Å². The molecule has 130 valence electrons. The van der Waals surface area contributed by atoms with Crippen LogP contribution < -0.4 is 5.73 Å². The number of carbonyl (C=O) groups excluding carboxylic acids is 1. The van der Waals surface area contributed by atoms with Crippen LogP contribution in [-0.2, 0) is 4.79 Å². The van der Waals surface area contributed by atoms with Crippen LogP contribution in [0.5, 0.6) is 0 Å². The maximum atomic E-state index is 13.9. The molecule has 2 aromatic carbocycles. The molecule has 0 heterocycles. The van der Waals surface area contributed by atoms with Gasteiger partial charge in [-0.1, -0.05) is 55.5 Å². The molecule has 2 aromatic rings. The normalized spacial score (nSPS) is 14.2. The van der Waals surface area contributed by atoms with Gasteiger partial charge in [0.25, 0.3) is 0 Å². The van der Waals surface area contributed by atoms with Gasteiger partial charge in [0.15, 0.2) is 0 Å². The van der Waals surface area contributed by atoms with Crippen LogP contribution in [0, 0.1) is 11.7 Å². The van der Waals surface area contributed by atoms with Crippen molar-refractivity contribution in [3.8, 4) is 0 Å². The standard InChI is InChI=1S/C19H23FN2O.ClH/c1-13(18(21)15-9-5-4-6-10-15)19(23)22(3)14(2)16-11-7-8-12-17(16)20;/h4-14,18H,21H2,1-3H3;1H. The number of amides is 1. The zero-order valence-electron chi connectivity index (χ0n) is 14.1. The number of nitrogens with zero attached hydrogens (tertiary/aromatic N) is 1. The van der Waals surface area contributed by atoms with Crippen molar-refractivity contribution in [1.29, 1.82) is 0 Å². The Kier molecular flexibility index (Phi) is 7.39. The zero-order chi connectivity index (χ0) is 17.0. The highest BCUT2D eigenvalue weighted by molar-refractivity contribution is 5.85. The summed E-state index contributed by atoms with van der Waals surface area (Å²) in [6.07, 6.45) is 0. The molecule has 2 rings (SSSR count). The number of rotatable bonds is 5. The predicted octanol–water partition coefficient (Wildman–Crippen LogP) is 4.10. The summed E-state index contributed by atoms with van der Waals surface area (Å²) in [5.41, 5.74) is 7.64. The minimum absolute atomic E-state index is 0. The second kappa shape index (κ2) is 8.81. The first-order valence-corrected chi connectivity index (χ1v) is 7.75. The van der Waals surface area contributed by atoms with Crippen molar-refractivity contribution in [2.45, 2.75) is 25.9 Å². The number of nitrogens with two attached hydrogens (primary N) is 1. The number of halogens is 2. The quantitative estimate of drug-likeness (QED) is 0.882. The Hall–Kier alpha value is -1.91. The Labute approximate surface area is 149 Å². The fourth-order valence-electron chi connectivity index (χ4n) is 2.65. The Bertz CT molecular complexity index is 665. The van der Waals surface area contributed by atoms with E-state index in [1.54, 1.807) is 30.1 Å². The van der Waals surface area contributed by atoms with Gasteiger partial charge in [-0.25, -0.2) is 4.39 Å². The molecule has 0 saturated heterocycles. The first kappa shape index (κ1) is 20.1. The third-order valence-electron chi connectivity index (χ3n) is 4.40. The summed E-state index contributed by atoms with van der Waals surface area (Å²) in [6.45, 7) is 3.63. The van der Waals surface area contributed by atoms with Gasteiger partial charge in [0, 0.05) is 18.7 Å². The molecular weight excluding hydrogens is 327 g/mol. The van der Waals surface area contributed by atoms with Crippen LogP contribution in [0.2, 0.25) is 0 Å². The van der Waals surface area contributed by atoms with Crippen LogP contribution >= 0.6 is 12.4 Å². The predicted molar refractivity (Wildman–Crippen MR) is 97.4 cm³/mol. The molecule has 0 bridgehead atoms. The molecule has 3 atom stereocenters. The van der Waals surface area contributed by atoms with Crippen molar-refractivity contribution in [2.75, 3.05) is 7.05 Å². The summed E-state index contributed by atoms with van der Waals surface area (Å²) < 4.78 is 13.9. The van der Waals surface area contributed by atoms with E-state index in [0.717, 1.165) is 5.56 Å². The van der Waals surface area contributed by atoms with E-state index in [4.69, 9.17) is 5.73 Å². The van der Waals surface area contributed by atoms with Gasteiger partial charge in [-0.05, 0) is 18.6 Å². The van der Waals surface area contributed by atoms with Crippen molar-refractivity contribution in [1.82, 2.24) is 4.90 Å². The minimum atomic E-state index is -0.392. The van der Waals surface area contributed by atoms with Crippen molar-refractivity contribution in [2.24, 2.45) is 11.7 Å². The summed E-state index contributed by atoms with van der Waals surface area (Å²) in [4.78, 5) is 14.3. The second-order valence-electron chi connectivity index (χ2n) is 5.87. The van der Waals surface area contributed by atoms with Gasteiger partial charge in [-0.15, -0.1) is 12.4 Å². The molecule has 5 heteroatoms. The lowest BCUT2D eigenvalue weighted by Gasteiger charge is -2.30. The second-order valence-corrected chi connectivity index (χ2v) is 5.87. The third kappa shape index (κ3) is 4.34. The van der Waals surface area contributed by atoms with Crippen LogP contribution in [0.25, 0.3) is 0 Å². The summed E-state index contributed by atoms with van der Waals surface area (Å²) >= 11 is 0. The maximum absolute atomic E-state index is 13.9. The van der Waals surface area contributed by atoms with Crippen LogP contribution in [0.1, 0.15) is 37.1 Å². The van der Waals surface area contributed by atoms with Gasteiger partial charge in [0.2, 0.25) is 5.91 Å². The van der Waals surface area contributed by atoms with E-state index < -0.39 is 5.92 Å². The van der Waals surface area contributed by atoms with E-state index in [1.807, 2.05) is 44.2 Å². The Morgan fingerprint density at radius 1 is 1.04 bits per heavy atom. The molecule has 0 aliphatic rings. The lowest BCUT2D eigenvalue weighted by molar-refractivity contribution is -0.136. The molecule has 3 unspecified atom stereocenters. The Balaban J connectivity index is 0.00000288. The maximum Gasteiger partial charge on any atom is 0.227 e.